The maximum atomic E-state index is 5.56. The van der Waals surface area contributed by atoms with Crippen molar-refractivity contribution < 1.29 is 9.47 Å². The molecular weight excluding hydrogens is 196 g/mol. The number of nitrogens with one attached hydrogen (secondary N) is 1. The number of nitrogen functional groups attached to an aromatic ring is 1. The Bertz CT molecular complexity index is 319. The summed E-state index contributed by atoms with van der Waals surface area (Å²) in [6.45, 7) is 4.28. The second kappa shape index (κ2) is 5.47. The van der Waals surface area contributed by atoms with Crippen LogP contribution in [0.1, 0.15) is 12.5 Å². The van der Waals surface area contributed by atoms with E-state index in [1.54, 1.807) is 13.3 Å². The van der Waals surface area contributed by atoms with Gasteiger partial charge in [-0.3, -0.25) is 5.43 Å². The topological polar surface area (TPSA) is 82.3 Å². The van der Waals surface area contributed by atoms with Gasteiger partial charge < -0.3 is 9.47 Å². The quantitative estimate of drug-likeness (QED) is 0.546. The van der Waals surface area contributed by atoms with Crippen LogP contribution < -0.4 is 16.0 Å². The summed E-state index contributed by atoms with van der Waals surface area (Å²) in [5.41, 5.74) is 3.22. The predicted molar refractivity (Wildman–Crippen MR) is 56.5 cm³/mol. The number of hydrazine groups is 1. The number of aryl methyl sites for hydroxylation is 1. The minimum Gasteiger partial charge on any atom is -0.472 e. The Morgan fingerprint density at radius 2 is 2.33 bits per heavy atom. The molecule has 0 aliphatic rings. The molecule has 1 heterocycles. The van der Waals surface area contributed by atoms with Gasteiger partial charge in [0.05, 0.1) is 6.61 Å². The van der Waals surface area contributed by atoms with Crippen molar-refractivity contribution >= 4 is 5.95 Å². The van der Waals surface area contributed by atoms with Crippen molar-refractivity contribution in [2.75, 3.05) is 19.1 Å². The summed E-state index contributed by atoms with van der Waals surface area (Å²) in [5, 5.41) is 0. The number of ether oxygens (including phenoxy) is 2. The fourth-order valence-corrected chi connectivity index (χ4v) is 1.07. The summed E-state index contributed by atoms with van der Waals surface area (Å²) < 4.78 is 10.5. The van der Waals surface area contributed by atoms with Gasteiger partial charge in [-0.1, -0.05) is 0 Å². The molecule has 0 saturated carbocycles. The van der Waals surface area contributed by atoms with Crippen LogP contribution in [0.25, 0.3) is 0 Å². The van der Waals surface area contributed by atoms with E-state index in [4.69, 9.17) is 15.3 Å². The van der Waals surface area contributed by atoms with Gasteiger partial charge in [0.1, 0.15) is 6.10 Å². The van der Waals surface area contributed by atoms with Gasteiger partial charge in [-0.15, -0.1) is 0 Å². The lowest BCUT2D eigenvalue weighted by Gasteiger charge is -2.14. The zero-order chi connectivity index (χ0) is 11.3. The molecule has 0 spiro atoms. The highest BCUT2D eigenvalue weighted by Gasteiger charge is 2.08. The van der Waals surface area contributed by atoms with Crippen LogP contribution in [-0.2, 0) is 4.74 Å². The third kappa shape index (κ3) is 3.34. The molecule has 1 rings (SSSR count). The molecule has 0 bridgehead atoms. The number of anilines is 1. The van der Waals surface area contributed by atoms with Crippen molar-refractivity contribution in [3.63, 3.8) is 0 Å². The highest BCUT2D eigenvalue weighted by Crippen LogP contribution is 2.16. The molecule has 0 amide bonds. The Morgan fingerprint density at radius 1 is 1.60 bits per heavy atom. The van der Waals surface area contributed by atoms with Gasteiger partial charge in [0, 0.05) is 18.9 Å². The molecule has 84 valence electrons. The smallest absolute Gasteiger partial charge is 0.240 e. The van der Waals surface area contributed by atoms with Crippen LogP contribution in [0, 0.1) is 6.92 Å². The molecule has 0 aliphatic carbocycles. The third-order valence-corrected chi connectivity index (χ3v) is 1.77. The molecule has 1 aromatic rings. The Labute approximate surface area is 88.8 Å². The van der Waals surface area contributed by atoms with Gasteiger partial charge in [0.15, 0.2) is 0 Å². The Kier molecular flexibility index (Phi) is 4.26. The summed E-state index contributed by atoms with van der Waals surface area (Å²) in [6.07, 6.45) is 1.59. The van der Waals surface area contributed by atoms with Crippen LogP contribution >= 0.6 is 0 Å². The minimum atomic E-state index is -0.0609. The highest BCUT2D eigenvalue weighted by atomic mass is 16.5. The van der Waals surface area contributed by atoms with E-state index in [1.807, 2.05) is 13.8 Å². The van der Waals surface area contributed by atoms with Gasteiger partial charge in [-0.05, 0) is 13.8 Å². The van der Waals surface area contributed by atoms with E-state index >= 15 is 0 Å². The van der Waals surface area contributed by atoms with Crippen LogP contribution in [0.3, 0.4) is 0 Å². The fourth-order valence-electron chi connectivity index (χ4n) is 1.07. The lowest BCUT2D eigenvalue weighted by atomic mass is 10.3. The van der Waals surface area contributed by atoms with Crippen LogP contribution in [0.4, 0.5) is 5.95 Å². The van der Waals surface area contributed by atoms with Gasteiger partial charge in [-0.2, -0.15) is 4.98 Å². The van der Waals surface area contributed by atoms with Crippen molar-refractivity contribution in [1.82, 2.24) is 9.97 Å². The van der Waals surface area contributed by atoms with Crippen LogP contribution in [-0.4, -0.2) is 29.8 Å². The van der Waals surface area contributed by atoms with Crippen molar-refractivity contribution in [2.24, 2.45) is 5.84 Å². The molecule has 6 nitrogen and oxygen atoms in total. The average Bonchev–Trinajstić information content (AvgIpc) is 2.21. The Morgan fingerprint density at radius 3 is 2.93 bits per heavy atom. The fraction of sp³-hybridized carbons (Fsp3) is 0.556. The second-order valence-electron chi connectivity index (χ2n) is 3.21. The number of aromatic nitrogens is 2. The number of rotatable bonds is 5. The Balaban J connectivity index is 2.74. The number of methoxy groups -OCH3 is 1. The van der Waals surface area contributed by atoms with Crippen LogP contribution in [0.2, 0.25) is 0 Å². The van der Waals surface area contributed by atoms with Crippen molar-refractivity contribution in [2.45, 2.75) is 20.0 Å². The normalized spacial score (nSPS) is 12.3. The average molecular weight is 212 g/mol. The molecule has 0 aliphatic heterocycles. The first-order chi connectivity index (χ1) is 7.17. The zero-order valence-corrected chi connectivity index (χ0v) is 9.15. The number of hydrogen-bond acceptors (Lipinski definition) is 6. The first-order valence-electron chi connectivity index (χ1n) is 4.63. The molecule has 0 fully saturated rings. The van der Waals surface area contributed by atoms with E-state index in [0.29, 0.717) is 18.4 Å². The van der Waals surface area contributed by atoms with E-state index in [1.165, 1.54) is 0 Å². The molecule has 1 unspecified atom stereocenters. The molecule has 0 saturated heterocycles. The minimum absolute atomic E-state index is 0.0609. The van der Waals surface area contributed by atoms with E-state index in [0.717, 1.165) is 5.56 Å². The van der Waals surface area contributed by atoms with Gasteiger partial charge >= 0.3 is 0 Å². The van der Waals surface area contributed by atoms with Crippen LogP contribution in [0.5, 0.6) is 5.88 Å². The standard InChI is InChI=1S/C9H16N4O2/c1-6-4-11-9(13-10)12-8(6)15-7(2)5-14-3/h4,7H,5,10H2,1-3H3,(H,11,12,13). The lowest BCUT2D eigenvalue weighted by Crippen LogP contribution is -2.20. The molecule has 6 heteroatoms. The first-order valence-corrected chi connectivity index (χ1v) is 4.63. The van der Waals surface area contributed by atoms with Gasteiger partial charge in [0.25, 0.3) is 0 Å². The first kappa shape index (κ1) is 11.7. The molecule has 1 aromatic heterocycles. The van der Waals surface area contributed by atoms with Crippen molar-refractivity contribution in [3.05, 3.63) is 11.8 Å². The monoisotopic (exact) mass is 212 g/mol. The van der Waals surface area contributed by atoms with Crippen LogP contribution in [0.15, 0.2) is 6.20 Å². The largest absolute Gasteiger partial charge is 0.472 e. The lowest BCUT2D eigenvalue weighted by molar-refractivity contribution is 0.0884. The Hall–Kier alpha value is -1.40. The van der Waals surface area contributed by atoms with E-state index < -0.39 is 0 Å². The number of nitrogens with zero attached hydrogens (tertiary/aromatic N) is 2. The summed E-state index contributed by atoms with van der Waals surface area (Å²) >= 11 is 0. The van der Waals surface area contributed by atoms with Gasteiger partial charge in [0.2, 0.25) is 11.8 Å². The van der Waals surface area contributed by atoms with E-state index in [2.05, 4.69) is 15.4 Å². The summed E-state index contributed by atoms with van der Waals surface area (Å²) in [7, 11) is 1.62. The van der Waals surface area contributed by atoms with Crippen molar-refractivity contribution in [3.8, 4) is 5.88 Å². The maximum Gasteiger partial charge on any atom is 0.240 e. The molecule has 0 aromatic carbocycles. The predicted octanol–water partition coefficient (Wildman–Crippen LogP) is 0.484. The summed E-state index contributed by atoms with van der Waals surface area (Å²) in [4.78, 5) is 8.04. The summed E-state index contributed by atoms with van der Waals surface area (Å²) in [6, 6.07) is 0. The summed E-state index contributed by atoms with van der Waals surface area (Å²) in [5.74, 6) is 6.05. The number of hydrogen-bond donors (Lipinski definition) is 2. The van der Waals surface area contributed by atoms with Crippen molar-refractivity contribution in [1.29, 1.82) is 0 Å². The second-order valence-corrected chi connectivity index (χ2v) is 3.21. The highest BCUT2D eigenvalue weighted by molar-refractivity contribution is 5.31. The third-order valence-electron chi connectivity index (χ3n) is 1.77. The molecular formula is C9H16N4O2. The maximum absolute atomic E-state index is 5.56. The zero-order valence-electron chi connectivity index (χ0n) is 9.15. The SMILES string of the molecule is COCC(C)Oc1nc(NN)ncc1C. The van der Waals surface area contributed by atoms with Gasteiger partial charge in [-0.25, -0.2) is 10.8 Å². The molecule has 15 heavy (non-hydrogen) atoms. The van der Waals surface area contributed by atoms with E-state index in [9.17, 15) is 0 Å². The number of nitrogens with two attached hydrogens (primary N) is 1. The van der Waals surface area contributed by atoms with E-state index in [-0.39, 0.29) is 6.10 Å². The molecule has 1 atom stereocenters. The molecule has 0 radical (unpaired) electrons. The molecule has 3 N–H and O–H groups in total.